The van der Waals surface area contributed by atoms with E-state index in [2.05, 4.69) is 16.4 Å². The van der Waals surface area contributed by atoms with Gasteiger partial charge in [0, 0.05) is 17.4 Å². The molecule has 21 heavy (non-hydrogen) atoms. The SMILES string of the molecule is Cc1cc(C)n(CC(=O)N[C@H](C)C2=CCCCC2)c(=O)n1. The van der Waals surface area contributed by atoms with Gasteiger partial charge in [0.05, 0.1) is 0 Å². The van der Waals surface area contributed by atoms with Gasteiger partial charge in [0.2, 0.25) is 5.91 Å². The minimum Gasteiger partial charge on any atom is -0.348 e. The van der Waals surface area contributed by atoms with E-state index in [9.17, 15) is 9.59 Å². The number of nitrogens with zero attached hydrogens (tertiary/aromatic N) is 2. The lowest BCUT2D eigenvalue weighted by atomic mass is 9.95. The van der Waals surface area contributed by atoms with Crippen LogP contribution in [0.4, 0.5) is 0 Å². The highest BCUT2D eigenvalue weighted by Gasteiger charge is 2.15. The van der Waals surface area contributed by atoms with Gasteiger partial charge in [-0.15, -0.1) is 0 Å². The number of nitrogens with one attached hydrogen (secondary N) is 1. The predicted molar refractivity (Wildman–Crippen MR) is 82.1 cm³/mol. The summed E-state index contributed by atoms with van der Waals surface area (Å²) >= 11 is 0. The Kier molecular flexibility index (Phi) is 4.94. The van der Waals surface area contributed by atoms with Crippen LogP contribution in [0.2, 0.25) is 0 Å². The van der Waals surface area contributed by atoms with Gasteiger partial charge in [-0.2, -0.15) is 4.98 Å². The number of amides is 1. The molecule has 0 aromatic carbocycles. The van der Waals surface area contributed by atoms with Gasteiger partial charge in [0.15, 0.2) is 0 Å². The lowest BCUT2D eigenvalue weighted by molar-refractivity contribution is -0.122. The molecule has 0 unspecified atom stereocenters. The maximum Gasteiger partial charge on any atom is 0.348 e. The first-order valence-electron chi connectivity index (χ1n) is 7.50. The van der Waals surface area contributed by atoms with Crippen molar-refractivity contribution in [1.82, 2.24) is 14.9 Å². The summed E-state index contributed by atoms with van der Waals surface area (Å²) in [6, 6.07) is 1.84. The van der Waals surface area contributed by atoms with Crippen LogP contribution in [-0.2, 0) is 11.3 Å². The number of rotatable bonds is 4. The Morgan fingerprint density at radius 2 is 2.19 bits per heavy atom. The van der Waals surface area contributed by atoms with Crippen LogP contribution in [0, 0.1) is 13.8 Å². The first-order chi connectivity index (χ1) is 9.97. The second-order valence-corrected chi connectivity index (χ2v) is 5.72. The number of allylic oxidation sites excluding steroid dienone is 1. The van der Waals surface area contributed by atoms with Crippen molar-refractivity contribution in [2.24, 2.45) is 0 Å². The van der Waals surface area contributed by atoms with E-state index < -0.39 is 0 Å². The molecule has 1 N–H and O–H groups in total. The molecule has 0 bridgehead atoms. The molecule has 1 atom stereocenters. The highest BCUT2D eigenvalue weighted by atomic mass is 16.2. The number of carbonyl (C=O) groups excluding carboxylic acids is 1. The third-order valence-electron chi connectivity index (χ3n) is 3.91. The van der Waals surface area contributed by atoms with Crippen molar-refractivity contribution in [3.63, 3.8) is 0 Å². The van der Waals surface area contributed by atoms with Crippen LogP contribution in [0.1, 0.15) is 44.0 Å². The third-order valence-corrected chi connectivity index (χ3v) is 3.91. The average molecular weight is 289 g/mol. The van der Waals surface area contributed by atoms with E-state index in [4.69, 9.17) is 0 Å². The second kappa shape index (κ2) is 6.70. The van der Waals surface area contributed by atoms with Gasteiger partial charge < -0.3 is 5.32 Å². The fourth-order valence-corrected chi connectivity index (χ4v) is 2.75. The van der Waals surface area contributed by atoms with Gasteiger partial charge in [-0.05, 0) is 52.5 Å². The molecule has 0 fully saturated rings. The minimum atomic E-state index is -0.368. The Morgan fingerprint density at radius 3 is 2.81 bits per heavy atom. The van der Waals surface area contributed by atoms with Gasteiger partial charge >= 0.3 is 5.69 Å². The van der Waals surface area contributed by atoms with E-state index in [1.54, 1.807) is 6.92 Å². The summed E-state index contributed by atoms with van der Waals surface area (Å²) in [6.45, 7) is 5.61. The molecule has 2 rings (SSSR count). The van der Waals surface area contributed by atoms with Gasteiger partial charge in [-0.3, -0.25) is 9.36 Å². The van der Waals surface area contributed by atoms with E-state index in [0.29, 0.717) is 5.69 Å². The summed E-state index contributed by atoms with van der Waals surface area (Å²) in [7, 11) is 0. The zero-order valence-corrected chi connectivity index (χ0v) is 13.0. The molecule has 1 aliphatic rings. The van der Waals surface area contributed by atoms with Crippen molar-refractivity contribution in [2.45, 2.75) is 59.0 Å². The van der Waals surface area contributed by atoms with Gasteiger partial charge in [-0.25, -0.2) is 4.79 Å². The number of aromatic nitrogens is 2. The van der Waals surface area contributed by atoms with Crippen LogP contribution in [0.15, 0.2) is 22.5 Å². The summed E-state index contributed by atoms with van der Waals surface area (Å²) in [5, 5.41) is 2.97. The Balaban J connectivity index is 2.02. The van der Waals surface area contributed by atoms with Crippen LogP contribution in [0.5, 0.6) is 0 Å². The van der Waals surface area contributed by atoms with Crippen molar-refractivity contribution in [2.75, 3.05) is 0 Å². The number of carbonyl (C=O) groups is 1. The predicted octanol–water partition coefficient (Wildman–Crippen LogP) is 1.87. The fraction of sp³-hybridized carbons (Fsp3) is 0.562. The molecule has 1 aromatic heterocycles. The van der Waals surface area contributed by atoms with Crippen molar-refractivity contribution in [3.05, 3.63) is 39.6 Å². The molecule has 5 nitrogen and oxygen atoms in total. The first kappa shape index (κ1) is 15.5. The molecule has 0 aliphatic heterocycles. The second-order valence-electron chi connectivity index (χ2n) is 5.72. The third kappa shape index (κ3) is 4.03. The average Bonchev–Trinajstić information content (AvgIpc) is 2.43. The topological polar surface area (TPSA) is 64.0 Å². The van der Waals surface area contributed by atoms with Gasteiger partial charge in [0.1, 0.15) is 6.54 Å². The maximum atomic E-state index is 12.1. The van der Waals surface area contributed by atoms with Crippen molar-refractivity contribution >= 4 is 5.91 Å². The Bertz CT molecular complexity index is 616. The molecule has 1 aliphatic carbocycles. The Hall–Kier alpha value is -1.91. The van der Waals surface area contributed by atoms with Crippen molar-refractivity contribution < 1.29 is 4.79 Å². The smallest absolute Gasteiger partial charge is 0.348 e. The first-order valence-corrected chi connectivity index (χ1v) is 7.50. The van der Waals surface area contributed by atoms with Gasteiger partial charge in [0.25, 0.3) is 0 Å². The molecule has 0 saturated carbocycles. The largest absolute Gasteiger partial charge is 0.348 e. The van der Waals surface area contributed by atoms with Gasteiger partial charge in [-0.1, -0.05) is 11.6 Å². The van der Waals surface area contributed by atoms with Crippen LogP contribution >= 0.6 is 0 Å². The highest BCUT2D eigenvalue weighted by Crippen LogP contribution is 2.19. The lowest BCUT2D eigenvalue weighted by Crippen LogP contribution is -2.39. The summed E-state index contributed by atoms with van der Waals surface area (Å²) in [5.74, 6) is -0.148. The molecule has 1 heterocycles. The summed E-state index contributed by atoms with van der Waals surface area (Å²) in [4.78, 5) is 27.8. The molecular weight excluding hydrogens is 266 g/mol. The lowest BCUT2D eigenvalue weighted by Gasteiger charge is -2.21. The minimum absolute atomic E-state index is 0.0234. The Morgan fingerprint density at radius 1 is 1.43 bits per heavy atom. The monoisotopic (exact) mass is 289 g/mol. The maximum absolute atomic E-state index is 12.1. The van der Waals surface area contributed by atoms with Crippen molar-refractivity contribution in [1.29, 1.82) is 0 Å². The molecular formula is C16H23N3O2. The summed E-state index contributed by atoms with van der Waals surface area (Å²) in [6.07, 6.45) is 6.78. The molecule has 114 valence electrons. The van der Waals surface area contributed by atoms with E-state index in [1.807, 2.05) is 19.9 Å². The zero-order chi connectivity index (χ0) is 15.4. The fourth-order valence-electron chi connectivity index (χ4n) is 2.75. The van der Waals surface area contributed by atoms with E-state index in [1.165, 1.54) is 23.0 Å². The quantitative estimate of drug-likeness (QED) is 0.861. The summed E-state index contributed by atoms with van der Waals surface area (Å²) in [5.41, 5.74) is 2.36. The van der Waals surface area contributed by atoms with Crippen LogP contribution in [-0.4, -0.2) is 21.5 Å². The normalized spacial score (nSPS) is 16.2. The summed E-state index contributed by atoms with van der Waals surface area (Å²) < 4.78 is 1.41. The van der Waals surface area contributed by atoms with E-state index in [-0.39, 0.29) is 24.2 Å². The molecule has 0 radical (unpaired) electrons. The molecule has 0 saturated heterocycles. The van der Waals surface area contributed by atoms with Crippen LogP contribution in [0.3, 0.4) is 0 Å². The van der Waals surface area contributed by atoms with E-state index >= 15 is 0 Å². The standard InChI is InChI=1S/C16H23N3O2/c1-11-9-12(2)19(16(21)17-11)10-15(20)18-13(3)14-7-5-4-6-8-14/h7,9,13H,4-6,8,10H2,1-3H3,(H,18,20)/t13-/m1/s1. The van der Waals surface area contributed by atoms with Crippen LogP contribution in [0.25, 0.3) is 0 Å². The Labute approximate surface area is 125 Å². The van der Waals surface area contributed by atoms with Crippen LogP contribution < -0.4 is 11.0 Å². The molecule has 1 aromatic rings. The number of hydrogen-bond donors (Lipinski definition) is 1. The molecule has 0 spiro atoms. The number of hydrogen-bond acceptors (Lipinski definition) is 3. The highest BCUT2D eigenvalue weighted by molar-refractivity contribution is 5.76. The number of aryl methyl sites for hydroxylation is 2. The molecule has 1 amide bonds. The molecule has 5 heteroatoms. The zero-order valence-electron chi connectivity index (χ0n) is 13.0. The van der Waals surface area contributed by atoms with E-state index in [0.717, 1.165) is 18.5 Å². The van der Waals surface area contributed by atoms with Crippen molar-refractivity contribution in [3.8, 4) is 0 Å².